The zero-order valence-electron chi connectivity index (χ0n) is 7.00. The third kappa shape index (κ3) is 0.897. The Labute approximate surface area is 69.6 Å². The van der Waals surface area contributed by atoms with E-state index in [1.807, 2.05) is 18.5 Å². The number of fused-ring (bicyclic) bond motifs is 1. The molecule has 1 heterocycles. The molecule has 0 fully saturated rings. The second kappa shape index (κ2) is 2.30. The molecule has 0 amide bonds. The van der Waals surface area contributed by atoms with Crippen LogP contribution < -0.4 is 0 Å². The van der Waals surface area contributed by atoms with Gasteiger partial charge in [0.25, 0.3) is 0 Å². The summed E-state index contributed by atoms with van der Waals surface area (Å²) in [5.74, 6) is 0.682. The molecule has 0 saturated heterocycles. The molecule has 0 aliphatic carbocycles. The lowest BCUT2D eigenvalue weighted by Crippen LogP contribution is -1.90. The molecule has 0 radical (unpaired) electrons. The maximum absolute atomic E-state index is 12.8. The SMILES string of the molecule is Cc1nc2ccc(F)cc2n1C. The molecular weight excluding hydrogens is 155 g/mol. The van der Waals surface area contributed by atoms with Crippen molar-refractivity contribution in [3.05, 3.63) is 29.8 Å². The molecule has 12 heavy (non-hydrogen) atoms. The third-order valence-corrected chi connectivity index (χ3v) is 2.07. The molecule has 1 aromatic carbocycles. The zero-order chi connectivity index (χ0) is 8.72. The molecule has 0 atom stereocenters. The highest BCUT2D eigenvalue weighted by molar-refractivity contribution is 5.75. The van der Waals surface area contributed by atoms with E-state index in [-0.39, 0.29) is 5.82 Å². The molecule has 1 aromatic heterocycles. The van der Waals surface area contributed by atoms with Crippen LogP contribution in [0.4, 0.5) is 4.39 Å². The summed E-state index contributed by atoms with van der Waals surface area (Å²) in [5.41, 5.74) is 1.68. The van der Waals surface area contributed by atoms with Crippen LogP contribution in [0.5, 0.6) is 0 Å². The average Bonchev–Trinajstić information content (AvgIpc) is 2.31. The highest BCUT2D eigenvalue weighted by atomic mass is 19.1. The number of halogens is 1. The first kappa shape index (κ1) is 7.28. The minimum atomic E-state index is -0.217. The van der Waals surface area contributed by atoms with E-state index < -0.39 is 0 Å². The molecule has 2 rings (SSSR count). The molecule has 0 saturated carbocycles. The average molecular weight is 164 g/mol. The highest BCUT2D eigenvalue weighted by Gasteiger charge is 2.03. The van der Waals surface area contributed by atoms with Crippen molar-refractivity contribution in [3.63, 3.8) is 0 Å². The van der Waals surface area contributed by atoms with Crippen LogP contribution in [0.3, 0.4) is 0 Å². The minimum absolute atomic E-state index is 0.217. The van der Waals surface area contributed by atoms with Crippen molar-refractivity contribution in [2.45, 2.75) is 6.92 Å². The summed E-state index contributed by atoms with van der Waals surface area (Å²) in [5, 5.41) is 0. The Bertz CT molecular complexity index is 431. The van der Waals surface area contributed by atoms with Gasteiger partial charge in [-0.25, -0.2) is 9.37 Å². The van der Waals surface area contributed by atoms with Crippen LogP contribution >= 0.6 is 0 Å². The monoisotopic (exact) mass is 164 g/mol. The van der Waals surface area contributed by atoms with Gasteiger partial charge < -0.3 is 4.57 Å². The first-order valence-electron chi connectivity index (χ1n) is 3.77. The molecular formula is C9H9FN2. The van der Waals surface area contributed by atoms with Gasteiger partial charge >= 0.3 is 0 Å². The topological polar surface area (TPSA) is 17.8 Å². The number of hydrogen-bond acceptors (Lipinski definition) is 1. The van der Waals surface area contributed by atoms with E-state index in [2.05, 4.69) is 4.98 Å². The van der Waals surface area contributed by atoms with Crippen molar-refractivity contribution < 1.29 is 4.39 Å². The van der Waals surface area contributed by atoms with E-state index in [0.717, 1.165) is 16.9 Å². The van der Waals surface area contributed by atoms with Crippen LogP contribution in [-0.4, -0.2) is 9.55 Å². The molecule has 0 aliphatic heterocycles. The maximum atomic E-state index is 12.8. The fourth-order valence-corrected chi connectivity index (χ4v) is 1.28. The first-order chi connectivity index (χ1) is 5.68. The van der Waals surface area contributed by atoms with Crippen LogP contribution in [0.15, 0.2) is 18.2 Å². The predicted octanol–water partition coefficient (Wildman–Crippen LogP) is 2.02. The smallest absolute Gasteiger partial charge is 0.125 e. The van der Waals surface area contributed by atoms with E-state index in [4.69, 9.17) is 0 Å². The van der Waals surface area contributed by atoms with Crippen LogP contribution in [-0.2, 0) is 7.05 Å². The van der Waals surface area contributed by atoms with Crippen molar-refractivity contribution in [2.24, 2.45) is 7.05 Å². The summed E-state index contributed by atoms with van der Waals surface area (Å²) < 4.78 is 14.7. The van der Waals surface area contributed by atoms with Crippen LogP contribution in [0.2, 0.25) is 0 Å². The molecule has 0 unspecified atom stereocenters. The zero-order valence-corrected chi connectivity index (χ0v) is 7.00. The van der Waals surface area contributed by atoms with E-state index in [1.54, 1.807) is 6.07 Å². The number of rotatable bonds is 0. The molecule has 0 bridgehead atoms. The summed E-state index contributed by atoms with van der Waals surface area (Å²) in [6.07, 6.45) is 0. The van der Waals surface area contributed by atoms with Gasteiger partial charge in [0.15, 0.2) is 0 Å². The Morgan fingerprint density at radius 3 is 2.92 bits per heavy atom. The first-order valence-corrected chi connectivity index (χ1v) is 3.77. The molecule has 0 N–H and O–H groups in total. The van der Waals surface area contributed by atoms with Gasteiger partial charge in [0, 0.05) is 7.05 Å². The molecule has 0 aliphatic rings. The Morgan fingerprint density at radius 1 is 1.42 bits per heavy atom. The molecule has 2 nitrogen and oxygen atoms in total. The highest BCUT2D eigenvalue weighted by Crippen LogP contribution is 2.15. The van der Waals surface area contributed by atoms with Crippen molar-refractivity contribution in [1.29, 1.82) is 0 Å². The lowest BCUT2D eigenvalue weighted by molar-refractivity contribution is 0.629. The lowest BCUT2D eigenvalue weighted by atomic mass is 10.3. The second-order valence-electron chi connectivity index (χ2n) is 2.85. The van der Waals surface area contributed by atoms with Gasteiger partial charge in [-0.05, 0) is 25.1 Å². The van der Waals surface area contributed by atoms with Gasteiger partial charge in [-0.2, -0.15) is 0 Å². The molecule has 3 heteroatoms. The third-order valence-electron chi connectivity index (χ3n) is 2.07. The van der Waals surface area contributed by atoms with Crippen LogP contribution in [0, 0.1) is 12.7 Å². The van der Waals surface area contributed by atoms with Gasteiger partial charge in [-0.1, -0.05) is 0 Å². The molecule has 62 valence electrons. The Hall–Kier alpha value is -1.38. The van der Waals surface area contributed by atoms with Crippen molar-refractivity contribution in [3.8, 4) is 0 Å². The maximum Gasteiger partial charge on any atom is 0.125 e. The van der Waals surface area contributed by atoms with Crippen molar-refractivity contribution in [1.82, 2.24) is 9.55 Å². The van der Waals surface area contributed by atoms with Crippen LogP contribution in [0.1, 0.15) is 5.82 Å². The fourth-order valence-electron chi connectivity index (χ4n) is 1.28. The number of nitrogens with zero attached hydrogens (tertiary/aromatic N) is 2. The second-order valence-corrected chi connectivity index (χ2v) is 2.85. The van der Waals surface area contributed by atoms with E-state index in [9.17, 15) is 4.39 Å². The summed E-state index contributed by atoms with van der Waals surface area (Å²) in [7, 11) is 1.88. The van der Waals surface area contributed by atoms with Crippen molar-refractivity contribution in [2.75, 3.05) is 0 Å². The van der Waals surface area contributed by atoms with Gasteiger partial charge in [0.1, 0.15) is 11.6 Å². The Balaban J connectivity index is 2.88. The predicted molar refractivity (Wildman–Crippen MR) is 45.4 cm³/mol. The van der Waals surface area contributed by atoms with Crippen molar-refractivity contribution >= 4 is 11.0 Å². The fraction of sp³-hybridized carbons (Fsp3) is 0.222. The lowest BCUT2D eigenvalue weighted by Gasteiger charge is -1.95. The molecule has 0 spiro atoms. The summed E-state index contributed by atoms with van der Waals surface area (Å²) in [6.45, 7) is 1.90. The normalized spacial score (nSPS) is 10.9. The van der Waals surface area contributed by atoms with Crippen LogP contribution in [0.25, 0.3) is 11.0 Å². The van der Waals surface area contributed by atoms with Gasteiger partial charge in [-0.3, -0.25) is 0 Å². The summed E-state index contributed by atoms with van der Waals surface area (Å²) in [6, 6.07) is 4.61. The molecule has 2 aromatic rings. The van der Waals surface area contributed by atoms with E-state index >= 15 is 0 Å². The number of benzene rings is 1. The Morgan fingerprint density at radius 2 is 2.17 bits per heavy atom. The number of hydrogen-bond donors (Lipinski definition) is 0. The van der Waals surface area contributed by atoms with E-state index in [0.29, 0.717) is 0 Å². The standard InChI is InChI=1S/C9H9FN2/c1-6-11-8-4-3-7(10)5-9(8)12(6)2/h3-5H,1-2H3. The Kier molecular flexibility index (Phi) is 1.40. The summed E-state index contributed by atoms with van der Waals surface area (Å²) in [4.78, 5) is 4.25. The number of aromatic nitrogens is 2. The largest absolute Gasteiger partial charge is 0.331 e. The number of imidazole rings is 1. The minimum Gasteiger partial charge on any atom is -0.331 e. The van der Waals surface area contributed by atoms with E-state index in [1.165, 1.54) is 12.1 Å². The van der Waals surface area contributed by atoms with Gasteiger partial charge in [0.05, 0.1) is 11.0 Å². The van der Waals surface area contributed by atoms with Gasteiger partial charge in [0.2, 0.25) is 0 Å². The van der Waals surface area contributed by atoms with Gasteiger partial charge in [-0.15, -0.1) is 0 Å². The summed E-state index contributed by atoms with van der Waals surface area (Å²) >= 11 is 0. The quantitative estimate of drug-likeness (QED) is 0.582. The number of aryl methyl sites for hydroxylation is 2.